The lowest BCUT2D eigenvalue weighted by Gasteiger charge is -2.20. The highest BCUT2D eigenvalue weighted by Gasteiger charge is 2.14. The van der Waals surface area contributed by atoms with Gasteiger partial charge in [-0.25, -0.2) is 0 Å². The first kappa shape index (κ1) is 11.1. The summed E-state index contributed by atoms with van der Waals surface area (Å²) in [7, 11) is 0. The zero-order valence-corrected chi connectivity index (χ0v) is 9.67. The fourth-order valence-electron chi connectivity index (χ4n) is 1.47. The molecular weight excluding hydrogens is 228 g/mol. The van der Waals surface area contributed by atoms with E-state index in [4.69, 9.17) is 14.6 Å². The van der Waals surface area contributed by atoms with Gasteiger partial charge in [0, 0.05) is 4.90 Å². The van der Waals surface area contributed by atoms with Gasteiger partial charge in [0.1, 0.15) is 13.2 Å². The van der Waals surface area contributed by atoms with Crippen LogP contribution in [0, 0.1) is 6.92 Å². The molecule has 5 heteroatoms. The van der Waals surface area contributed by atoms with E-state index in [-0.39, 0.29) is 5.75 Å². The van der Waals surface area contributed by atoms with E-state index >= 15 is 0 Å². The summed E-state index contributed by atoms with van der Waals surface area (Å²) in [6.45, 7) is 3.04. The van der Waals surface area contributed by atoms with Crippen molar-refractivity contribution in [1.82, 2.24) is 0 Å². The second-order valence-electron chi connectivity index (χ2n) is 3.44. The average molecular weight is 240 g/mol. The van der Waals surface area contributed by atoms with E-state index in [0.29, 0.717) is 19.0 Å². The molecule has 1 aromatic rings. The maximum Gasteiger partial charge on any atom is 0.313 e. The number of hydrogen-bond acceptors (Lipinski definition) is 4. The third-order valence-electron chi connectivity index (χ3n) is 2.19. The van der Waals surface area contributed by atoms with Crippen LogP contribution in [0.1, 0.15) is 5.56 Å². The van der Waals surface area contributed by atoms with Gasteiger partial charge in [-0.3, -0.25) is 4.79 Å². The van der Waals surface area contributed by atoms with Gasteiger partial charge in [-0.2, -0.15) is 0 Å². The molecule has 0 aliphatic carbocycles. The predicted octanol–water partition coefficient (Wildman–Crippen LogP) is 1.94. The summed E-state index contributed by atoms with van der Waals surface area (Å²) in [6.07, 6.45) is 0. The Hall–Kier alpha value is -1.36. The van der Waals surface area contributed by atoms with Gasteiger partial charge in [0.25, 0.3) is 0 Å². The van der Waals surface area contributed by atoms with Crippen molar-refractivity contribution in [2.24, 2.45) is 0 Å². The maximum atomic E-state index is 10.5. The molecule has 1 aliphatic heterocycles. The number of ether oxygens (including phenoxy) is 2. The van der Waals surface area contributed by atoms with Crippen molar-refractivity contribution >= 4 is 17.7 Å². The molecule has 1 aliphatic rings. The average Bonchev–Trinajstić information content (AvgIpc) is 2.26. The lowest BCUT2D eigenvalue weighted by molar-refractivity contribution is -0.133. The first-order chi connectivity index (χ1) is 7.66. The van der Waals surface area contributed by atoms with Crippen LogP contribution in [-0.2, 0) is 4.79 Å². The summed E-state index contributed by atoms with van der Waals surface area (Å²) >= 11 is 1.29. The molecule has 1 aromatic carbocycles. The van der Waals surface area contributed by atoms with Crippen molar-refractivity contribution < 1.29 is 19.4 Å². The van der Waals surface area contributed by atoms with Gasteiger partial charge >= 0.3 is 5.97 Å². The van der Waals surface area contributed by atoms with E-state index in [2.05, 4.69) is 0 Å². The Labute approximate surface area is 97.6 Å². The Morgan fingerprint density at radius 2 is 2.00 bits per heavy atom. The van der Waals surface area contributed by atoms with Crippen molar-refractivity contribution in [1.29, 1.82) is 0 Å². The summed E-state index contributed by atoms with van der Waals surface area (Å²) in [5.74, 6) is 0.674. The first-order valence-corrected chi connectivity index (χ1v) is 5.90. The van der Waals surface area contributed by atoms with E-state index in [1.54, 1.807) is 0 Å². The van der Waals surface area contributed by atoms with E-state index in [1.165, 1.54) is 11.8 Å². The molecule has 0 fully saturated rings. The summed E-state index contributed by atoms with van der Waals surface area (Å²) in [5, 5.41) is 8.63. The monoisotopic (exact) mass is 240 g/mol. The largest absolute Gasteiger partial charge is 0.486 e. The molecule has 1 N–H and O–H groups in total. The number of aryl methyl sites for hydroxylation is 1. The Balaban J connectivity index is 2.21. The standard InChI is InChI=1S/C11H12O4S/c1-7-4-8-9(15-3-2-14-8)5-10(7)16-6-11(12)13/h4-5H,2-3,6H2,1H3,(H,12,13). The number of carboxylic acids is 1. The lowest BCUT2D eigenvalue weighted by atomic mass is 10.2. The zero-order valence-electron chi connectivity index (χ0n) is 8.86. The minimum atomic E-state index is -0.820. The highest BCUT2D eigenvalue weighted by Crippen LogP contribution is 2.36. The fourth-order valence-corrected chi connectivity index (χ4v) is 2.22. The minimum absolute atomic E-state index is 0.0560. The van der Waals surface area contributed by atoms with Gasteiger partial charge in [-0.1, -0.05) is 0 Å². The molecule has 1 heterocycles. The molecule has 0 saturated carbocycles. The number of benzene rings is 1. The van der Waals surface area contributed by atoms with Gasteiger partial charge in [0.15, 0.2) is 11.5 Å². The predicted molar refractivity (Wildman–Crippen MR) is 60.5 cm³/mol. The summed E-state index contributed by atoms with van der Waals surface area (Å²) in [6, 6.07) is 3.73. The SMILES string of the molecule is Cc1cc2c(cc1SCC(=O)O)OCCO2. The molecular formula is C11H12O4S. The number of carbonyl (C=O) groups is 1. The van der Waals surface area contributed by atoms with Crippen LogP contribution in [0.15, 0.2) is 17.0 Å². The Kier molecular flexibility index (Phi) is 3.24. The van der Waals surface area contributed by atoms with Crippen LogP contribution < -0.4 is 9.47 Å². The number of carboxylic acid groups (broad SMARTS) is 1. The van der Waals surface area contributed by atoms with Crippen molar-refractivity contribution in [2.75, 3.05) is 19.0 Å². The molecule has 0 atom stereocenters. The van der Waals surface area contributed by atoms with Crippen molar-refractivity contribution in [3.05, 3.63) is 17.7 Å². The first-order valence-electron chi connectivity index (χ1n) is 4.91. The van der Waals surface area contributed by atoms with Crippen LogP contribution in [0.4, 0.5) is 0 Å². The maximum absolute atomic E-state index is 10.5. The highest BCUT2D eigenvalue weighted by molar-refractivity contribution is 8.00. The Bertz CT molecular complexity index is 417. The number of aliphatic carboxylic acids is 1. The van der Waals surface area contributed by atoms with E-state index in [9.17, 15) is 4.79 Å². The smallest absolute Gasteiger partial charge is 0.313 e. The lowest BCUT2D eigenvalue weighted by Crippen LogP contribution is -2.15. The van der Waals surface area contributed by atoms with Gasteiger partial charge in [0.2, 0.25) is 0 Å². The number of thioether (sulfide) groups is 1. The van der Waals surface area contributed by atoms with Crippen LogP contribution in [0.3, 0.4) is 0 Å². The second kappa shape index (κ2) is 4.65. The highest BCUT2D eigenvalue weighted by atomic mass is 32.2. The Morgan fingerprint density at radius 3 is 2.62 bits per heavy atom. The van der Waals surface area contributed by atoms with Crippen LogP contribution in [-0.4, -0.2) is 30.0 Å². The van der Waals surface area contributed by atoms with E-state index in [0.717, 1.165) is 16.2 Å². The molecule has 2 rings (SSSR count). The third kappa shape index (κ3) is 2.41. The molecule has 0 unspecified atom stereocenters. The molecule has 0 saturated heterocycles. The van der Waals surface area contributed by atoms with Gasteiger partial charge in [0.05, 0.1) is 5.75 Å². The quantitative estimate of drug-likeness (QED) is 0.818. The second-order valence-corrected chi connectivity index (χ2v) is 4.46. The summed E-state index contributed by atoms with van der Waals surface area (Å²) in [4.78, 5) is 11.4. The molecule has 0 radical (unpaired) electrons. The zero-order chi connectivity index (χ0) is 11.5. The molecule has 16 heavy (non-hydrogen) atoms. The minimum Gasteiger partial charge on any atom is -0.486 e. The van der Waals surface area contributed by atoms with Crippen molar-refractivity contribution in [2.45, 2.75) is 11.8 Å². The Morgan fingerprint density at radius 1 is 1.38 bits per heavy atom. The van der Waals surface area contributed by atoms with E-state index in [1.807, 2.05) is 19.1 Å². The van der Waals surface area contributed by atoms with Crippen LogP contribution in [0.2, 0.25) is 0 Å². The summed E-state index contributed by atoms with van der Waals surface area (Å²) in [5.41, 5.74) is 1.01. The van der Waals surface area contributed by atoms with Gasteiger partial charge < -0.3 is 14.6 Å². The van der Waals surface area contributed by atoms with Crippen molar-refractivity contribution in [3.63, 3.8) is 0 Å². The van der Waals surface area contributed by atoms with Crippen LogP contribution >= 0.6 is 11.8 Å². The van der Waals surface area contributed by atoms with Crippen molar-refractivity contribution in [3.8, 4) is 11.5 Å². The number of fused-ring (bicyclic) bond motifs is 1. The summed E-state index contributed by atoms with van der Waals surface area (Å²) < 4.78 is 10.9. The normalized spacial score (nSPS) is 13.6. The molecule has 0 aromatic heterocycles. The molecule has 0 amide bonds. The van der Waals surface area contributed by atoms with Crippen LogP contribution in [0.5, 0.6) is 11.5 Å². The van der Waals surface area contributed by atoms with Gasteiger partial charge in [-0.15, -0.1) is 11.8 Å². The number of hydrogen-bond donors (Lipinski definition) is 1. The molecule has 0 bridgehead atoms. The molecule has 4 nitrogen and oxygen atoms in total. The molecule has 0 spiro atoms. The van der Waals surface area contributed by atoms with Gasteiger partial charge in [-0.05, 0) is 24.6 Å². The molecule has 86 valence electrons. The van der Waals surface area contributed by atoms with E-state index < -0.39 is 5.97 Å². The van der Waals surface area contributed by atoms with Crippen LogP contribution in [0.25, 0.3) is 0 Å². The third-order valence-corrected chi connectivity index (χ3v) is 3.33. The topological polar surface area (TPSA) is 55.8 Å². The number of rotatable bonds is 3. The fraction of sp³-hybridized carbons (Fsp3) is 0.364.